The molecule has 3 rings (SSSR count). The third-order valence-corrected chi connectivity index (χ3v) is 3.60. The van der Waals surface area contributed by atoms with Crippen LogP contribution in [0.25, 0.3) is 6.08 Å². The highest BCUT2D eigenvalue weighted by atomic mass is 16.1. The van der Waals surface area contributed by atoms with E-state index in [1.165, 1.54) is 0 Å². The van der Waals surface area contributed by atoms with Crippen LogP contribution in [0.3, 0.4) is 0 Å². The van der Waals surface area contributed by atoms with Gasteiger partial charge in [-0.05, 0) is 23.3 Å². The maximum Gasteiger partial charge on any atom is 0.178 e. The molecule has 3 heteroatoms. The third kappa shape index (κ3) is 6.73. The molecular formula is C21H24N2O. The Morgan fingerprint density at radius 2 is 1.83 bits per heavy atom. The second-order valence-corrected chi connectivity index (χ2v) is 5.53. The fourth-order valence-electron chi connectivity index (χ4n) is 2.22. The second kappa shape index (κ2) is 10.3. The van der Waals surface area contributed by atoms with Gasteiger partial charge in [-0.25, -0.2) is 0 Å². The maximum atomic E-state index is 11.7. The highest BCUT2D eigenvalue weighted by Gasteiger charge is 2.05. The van der Waals surface area contributed by atoms with Crippen molar-refractivity contribution in [3.8, 4) is 0 Å². The smallest absolute Gasteiger partial charge is 0.178 e. The van der Waals surface area contributed by atoms with Gasteiger partial charge in [0, 0.05) is 25.7 Å². The Kier molecular flexibility index (Phi) is 7.68. The second-order valence-electron chi connectivity index (χ2n) is 5.53. The first-order valence-corrected chi connectivity index (χ1v) is 8.16. The molecule has 1 aliphatic heterocycles. The van der Waals surface area contributed by atoms with Crippen LogP contribution in [0.4, 0.5) is 0 Å². The van der Waals surface area contributed by atoms with E-state index in [1.54, 1.807) is 12.2 Å². The molecule has 0 radical (unpaired) electrons. The van der Waals surface area contributed by atoms with Gasteiger partial charge in [-0.1, -0.05) is 73.4 Å². The number of hydrogen-bond donors (Lipinski definition) is 2. The zero-order chi connectivity index (χ0) is 17.0. The number of rotatable bonds is 4. The zero-order valence-electron chi connectivity index (χ0n) is 13.8. The van der Waals surface area contributed by atoms with Crippen molar-refractivity contribution in [3.05, 3.63) is 90.6 Å². The molecule has 3 nitrogen and oxygen atoms in total. The van der Waals surface area contributed by atoms with Gasteiger partial charge in [-0.15, -0.1) is 0 Å². The molecule has 2 aliphatic rings. The van der Waals surface area contributed by atoms with E-state index in [9.17, 15) is 4.79 Å². The highest BCUT2D eigenvalue weighted by Crippen LogP contribution is 2.17. The van der Waals surface area contributed by atoms with Crippen LogP contribution >= 0.6 is 0 Å². The first-order chi connectivity index (χ1) is 11.8. The molecule has 1 atom stereocenters. The molecule has 24 heavy (non-hydrogen) atoms. The summed E-state index contributed by atoms with van der Waals surface area (Å²) in [6.45, 7) is 7.23. The number of allylic oxidation sites excluding steroid dienone is 8. The van der Waals surface area contributed by atoms with Gasteiger partial charge < -0.3 is 10.6 Å². The van der Waals surface area contributed by atoms with Crippen molar-refractivity contribution >= 4 is 11.9 Å². The van der Waals surface area contributed by atoms with E-state index in [0.29, 0.717) is 0 Å². The third-order valence-electron chi connectivity index (χ3n) is 3.60. The molecule has 0 spiro atoms. The van der Waals surface area contributed by atoms with Crippen molar-refractivity contribution in [2.45, 2.75) is 0 Å². The molecule has 1 aromatic carbocycles. The molecule has 124 valence electrons. The lowest BCUT2D eigenvalue weighted by molar-refractivity contribution is -0.110. The minimum absolute atomic E-state index is 0.0143. The Balaban J connectivity index is 0.000000355. The summed E-state index contributed by atoms with van der Waals surface area (Å²) in [5.74, 6) is 0.110. The Bertz CT molecular complexity index is 642. The number of carbonyl (C=O) groups is 1. The molecule has 1 aromatic rings. The summed E-state index contributed by atoms with van der Waals surface area (Å²) in [5.41, 5.74) is 2.02. The van der Waals surface area contributed by atoms with Crippen LogP contribution in [-0.2, 0) is 4.79 Å². The van der Waals surface area contributed by atoms with Crippen molar-refractivity contribution in [3.63, 3.8) is 0 Å². The van der Waals surface area contributed by atoms with Crippen molar-refractivity contribution in [2.75, 3.05) is 19.8 Å². The van der Waals surface area contributed by atoms with Crippen LogP contribution in [-0.4, -0.2) is 25.5 Å². The summed E-state index contributed by atoms with van der Waals surface area (Å²) < 4.78 is 0. The lowest BCUT2D eigenvalue weighted by Gasteiger charge is -2.09. The van der Waals surface area contributed by atoms with Gasteiger partial charge in [0.1, 0.15) is 0 Å². The average Bonchev–Trinajstić information content (AvgIpc) is 3.20. The number of nitrogens with one attached hydrogen (secondary N) is 2. The van der Waals surface area contributed by atoms with Crippen molar-refractivity contribution in [1.29, 1.82) is 0 Å². The summed E-state index contributed by atoms with van der Waals surface area (Å²) in [7, 11) is 0. The summed E-state index contributed by atoms with van der Waals surface area (Å²) in [4.78, 5) is 11.7. The normalized spacial score (nSPS) is 19.7. The molecule has 1 heterocycles. The number of carbonyl (C=O) groups excluding carboxylic acids is 1. The fourth-order valence-corrected chi connectivity index (χ4v) is 2.22. The average molecular weight is 320 g/mol. The first-order valence-electron chi connectivity index (χ1n) is 8.16. The van der Waals surface area contributed by atoms with Crippen molar-refractivity contribution in [1.82, 2.24) is 10.6 Å². The predicted octanol–water partition coefficient (Wildman–Crippen LogP) is 3.26. The highest BCUT2D eigenvalue weighted by molar-refractivity contribution is 6.02. The predicted molar refractivity (Wildman–Crippen MR) is 101 cm³/mol. The van der Waals surface area contributed by atoms with Gasteiger partial charge in [0.15, 0.2) is 5.78 Å². The monoisotopic (exact) mass is 320 g/mol. The van der Waals surface area contributed by atoms with Gasteiger partial charge in [0.05, 0.1) is 0 Å². The van der Waals surface area contributed by atoms with Gasteiger partial charge in [0.25, 0.3) is 0 Å². The molecule has 2 N–H and O–H groups in total. The fraction of sp³-hybridized carbons (Fsp3) is 0.190. The van der Waals surface area contributed by atoms with E-state index in [0.717, 1.165) is 30.9 Å². The van der Waals surface area contributed by atoms with Gasteiger partial charge in [-0.3, -0.25) is 4.79 Å². The van der Waals surface area contributed by atoms with E-state index in [-0.39, 0.29) is 11.7 Å². The van der Waals surface area contributed by atoms with Crippen LogP contribution in [0.15, 0.2) is 85.0 Å². The molecule has 0 aromatic heterocycles. The van der Waals surface area contributed by atoms with Gasteiger partial charge in [-0.2, -0.15) is 0 Å². The molecule has 0 saturated carbocycles. The van der Waals surface area contributed by atoms with E-state index >= 15 is 0 Å². The molecule has 0 bridgehead atoms. The van der Waals surface area contributed by atoms with E-state index in [2.05, 4.69) is 17.2 Å². The lowest BCUT2D eigenvalue weighted by Crippen LogP contribution is -2.11. The minimum Gasteiger partial charge on any atom is -0.303 e. The summed E-state index contributed by atoms with van der Waals surface area (Å²) >= 11 is 0. The zero-order valence-corrected chi connectivity index (χ0v) is 13.8. The molecule has 1 unspecified atom stereocenters. The Hall–Kier alpha value is -2.49. The van der Waals surface area contributed by atoms with Crippen molar-refractivity contribution in [2.24, 2.45) is 5.92 Å². The first kappa shape index (κ1) is 17.9. The molecule has 1 saturated heterocycles. The van der Waals surface area contributed by atoms with Crippen LogP contribution in [0, 0.1) is 5.92 Å². The largest absolute Gasteiger partial charge is 0.303 e. The Labute approximate surface area is 144 Å². The SMILES string of the molecule is C1CNCN1.C=C1C=CC=CC1C=CC(=O)C=Cc1ccccc1. The van der Waals surface area contributed by atoms with E-state index < -0.39 is 0 Å². The molecule has 1 fully saturated rings. The maximum absolute atomic E-state index is 11.7. The molecule has 0 amide bonds. The van der Waals surface area contributed by atoms with Crippen LogP contribution in [0.5, 0.6) is 0 Å². The van der Waals surface area contributed by atoms with E-state index in [4.69, 9.17) is 0 Å². The topological polar surface area (TPSA) is 41.1 Å². The van der Waals surface area contributed by atoms with Crippen LogP contribution in [0.2, 0.25) is 0 Å². The summed E-state index contributed by atoms with van der Waals surface area (Å²) in [6.07, 6.45) is 14.8. The van der Waals surface area contributed by atoms with Gasteiger partial charge in [0.2, 0.25) is 0 Å². The minimum atomic E-state index is -0.0143. The molecular weight excluding hydrogens is 296 g/mol. The van der Waals surface area contributed by atoms with Crippen LogP contribution < -0.4 is 10.6 Å². The van der Waals surface area contributed by atoms with E-state index in [1.807, 2.05) is 66.8 Å². The number of hydrogen-bond acceptors (Lipinski definition) is 3. The Morgan fingerprint density at radius 1 is 1.08 bits per heavy atom. The summed E-state index contributed by atoms with van der Waals surface area (Å²) in [5, 5.41) is 6.22. The standard InChI is InChI=1S/C18H16O.C3H8N2/c1-15-7-5-6-10-17(15)12-14-18(19)13-11-16-8-3-2-4-9-16;1-2-5-3-4-1/h2-14,17H,1H2;4-5H,1-3H2. The quantitative estimate of drug-likeness (QED) is 0.837. The summed E-state index contributed by atoms with van der Waals surface area (Å²) in [6, 6.07) is 9.77. The van der Waals surface area contributed by atoms with Crippen LogP contribution in [0.1, 0.15) is 5.56 Å². The Morgan fingerprint density at radius 3 is 2.46 bits per heavy atom. The molecule has 1 aliphatic carbocycles. The number of benzene rings is 1. The van der Waals surface area contributed by atoms with Crippen molar-refractivity contribution < 1.29 is 4.79 Å². The van der Waals surface area contributed by atoms with Gasteiger partial charge >= 0.3 is 0 Å². The lowest BCUT2D eigenvalue weighted by atomic mass is 9.95. The number of ketones is 1.